The Labute approximate surface area is 174 Å². The van der Waals surface area contributed by atoms with E-state index in [1.807, 2.05) is 6.92 Å². The summed E-state index contributed by atoms with van der Waals surface area (Å²) in [6.45, 7) is 4.37. The van der Waals surface area contributed by atoms with Gasteiger partial charge in [-0.1, -0.05) is 0 Å². The Balaban J connectivity index is 1.74. The molecule has 9 nitrogen and oxygen atoms in total. The van der Waals surface area contributed by atoms with Crippen LogP contribution in [0.1, 0.15) is 13.8 Å². The zero-order valence-corrected chi connectivity index (χ0v) is 17.5. The molecule has 1 aromatic carbocycles. The van der Waals surface area contributed by atoms with E-state index < -0.39 is 10.0 Å². The van der Waals surface area contributed by atoms with Crippen LogP contribution in [0.3, 0.4) is 0 Å². The Morgan fingerprint density at radius 2 is 1.90 bits per heavy atom. The van der Waals surface area contributed by atoms with Crippen molar-refractivity contribution in [2.45, 2.75) is 25.3 Å². The molecule has 0 aliphatic rings. The molecule has 0 atom stereocenters. The number of nitrogens with one attached hydrogen (secondary N) is 1. The van der Waals surface area contributed by atoms with Crippen LogP contribution in [-0.4, -0.2) is 38.0 Å². The average Bonchev–Trinajstić information content (AvgIpc) is 3.25. The van der Waals surface area contributed by atoms with Gasteiger partial charge in [-0.25, -0.2) is 17.8 Å². The van der Waals surface area contributed by atoms with E-state index >= 15 is 0 Å². The minimum Gasteiger partial charge on any atom is -0.494 e. The van der Waals surface area contributed by atoms with Crippen LogP contribution in [0, 0.1) is 0 Å². The molecular formula is C20H23N3O6S. The highest BCUT2D eigenvalue weighted by Crippen LogP contribution is 2.28. The molecule has 3 rings (SSSR count). The highest BCUT2D eigenvalue weighted by molar-refractivity contribution is 7.89. The highest BCUT2D eigenvalue weighted by Gasteiger charge is 2.20. The smallest absolute Gasteiger partial charge is 0.266 e. The van der Waals surface area contributed by atoms with Gasteiger partial charge in [-0.05, 0) is 44.2 Å². The third-order valence-corrected chi connectivity index (χ3v) is 5.57. The molecule has 0 bridgehead atoms. The van der Waals surface area contributed by atoms with E-state index in [-0.39, 0.29) is 29.3 Å². The van der Waals surface area contributed by atoms with Crippen molar-refractivity contribution in [3.05, 3.63) is 59.1 Å². The van der Waals surface area contributed by atoms with Crippen molar-refractivity contribution < 1.29 is 22.3 Å². The second-order valence-corrected chi connectivity index (χ2v) is 7.86. The van der Waals surface area contributed by atoms with Gasteiger partial charge in [0.25, 0.3) is 5.56 Å². The first-order chi connectivity index (χ1) is 14.4. The van der Waals surface area contributed by atoms with Crippen LogP contribution in [0.2, 0.25) is 0 Å². The Bertz CT molecular complexity index is 1140. The molecule has 2 aromatic heterocycles. The minimum atomic E-state index is -3.87. The van der Waals surface area contributed by atoms with Gasteiger partial charge in [-0.2, -0.15) is 5.10 Å². The zero-order valence-electron chi connectivity index (χ0n) is 16.7. The number of sulfonamides is 1. The van der Waals surface area contributed by atoms with E-state index in [2.05, 4.69) is 9.82 Å². The Morgan fingerprint density at radius 1 is 1.10 bits per heavy atom. The second-order valence-electron chi connectivity index (χ2n) is 6.13. The lowest BCUT2D eigenvalue weighted by Gasteiger charge is -2.14. The Morgan fingerprint density at radius 3 is 2.60 bits per heavy atom. The van der Waals surface area contributed by atoms with Crippen molar-refractivity contribution in [1.82, 2.24) is 14.5 Å². The van der Waals surface area contributed by atoms with Crippen LogP contribution < -0.4 is 19.8 Å². The molecule has 0 spiro atoms. The molecule has 0 saturated heterocycles. The summed E-state index contributed by atoms with van der Waals surface area (Å²) in [6, 6.07) is 10.9. The number of furan rings is 1. The third-order valence-electron chi connectivity index (χ3n) is 4.07. The second kappa shape index (κ2) is 9.59. The first kappa shape index (κ1) is 21.6. The molecule has 0 saturated carbocycles. The molecule has 0 unspecified atom stereocenters. The van der Waals surface area contributed by atoms with Gasteiger partial charge in [-0.3, -0.25) is 4.79 Å². The molecule has 0 amide bonds. The van der Waals surface area contributed by atoms with Crippen molar-refractivity contribution >= 4 is 10.0 Å². The number of hydrogen-bond acceptors (Lipinski definition) is 7. The predicted octanol–water partition coefficient (Wildman–Crippen LogP) is 2.28. The lowest BCUT2D eigenvalue weighted by atomic mass is 10.3. The fourth-order valence-electron chi connectivity index (χ4n) is 2.76. The first-order valence-corrected chi connectivity index (χ1v) is 10.9. The van der Waals surface area contributed by atoms with Gasteiger partial charge in [0, 0.05) is 18.7 Å². The summed E-state index contributed by atoms with van der Waals surface area (Å²) in [7, 11) is -3.87. The number of hydrogen-bond donors (Lipinski definition) is 1. The fourth-order valence-corrected chi connectivity index (χ4v) is 3.91. The largest absolute Gasteiger partial charge is 0.494 e. The molecule has 0 radical (unpaired) electrons. The van der Waals surface area contributed by atoms with Gasteiger partial charge in [0.15, 0.2) is 5.76 Å². The van der Waals surface area contributed by atoms with Gasteiger partial charge in [-0.15, -0.1) is 0 Å². The monoisotopic (exact) mass is 433 g/mol. The van der Waals surface area contributed by atoms with Crippen molar-refractivity contribution in [2.75, 3.05) is 19.8 Å². The summed E-state index contributed by atoms with van der Waals surface area (Å²) < 4.78 is 45.4. The molecule has 0 aliphatic carbocycles. The van der Waals surface area contributed by atoms with Gasteiger partial charge in [0.2, 0.25) is 10.0 Å². The van der Waals surface area contributed by atoms with Crippen molar-refractivity contribution in [3.8, 4) is 23.0 Å². The average molecular weight is 433 g/mol. The van der Waals surface area contributed by atoms with Crippen LogP contribution >= 0.6 is 0 Å². The summed E-state index contributed by atoms with van der Waals surface area (Å²) in [4.78, 5) is 12.1. The SMILES string of the molecule is CCOc1ccc(S(=O)(=O)NCCn2nc(-c3ccco3)ccc2=O)c(OCC)c1. The standard InChI is InChI=1S/C20H23N3O6S/c1-3-27-15-7-9-19(18(14-15)28-4-2)30(25,26)21-11-12-23-20(24)10-8-16(22-23)17-6-5-13-29-17/h5-10,13-14,21H,3-4,11-12H2,1-2H3. The Kier molecular flexibility index (Phi) is 6.91. The van der Waals surface area contributed by atoms with E-state index in [1.54, 1.807) is 37.3 Å². The van der Waals surface area contributed by atoms with Crippen molar-refractivity contribution in [1.29, 1.82) is 0 Å². The van der Waals surface area contributed by atoms with Gasteiger partial charge < -0.3 is 13.9 Å². The van der Waals surface area contributed by atoms with Gasteiger partial charge in [0.1, 0.15) is 22.1 Å². The number of ether oxygens (including phenoxy) is 2. The van der Waals surface area contributed by atoms with Crippen LogP contribution in [0.15, 0.2) is 62.8 Å². The van der Waals surface area contributed by atoms with E-state index in [0.717, 1.165) is 0 Å². The number of rotatable bonds is 10. The topological polar surface area (TPSA) is 113 Å². The van der Waals surface area contributed by atoms with Gasteiger partial charge >= 0.3 is 0 Å². The van der Waals surface area contributed by atoms with Crippen LogP contribution in [0.4, 0.5) is 0 Å². The quantitative estimate of drug-likeness (QED) is 0.522. The first-order valence-electron chi connectivity index (χ1n) is 9.46. The summed E-state index contributed by atoms with van der Waals surface area (Å²) in [5.74, 6) is 1.23. The van der Waals surface area contributed by atoms with E-state index in [9.17, 15) is 13.2 Å². The maximum Gasteiger partial charge on any atom is 0.266 e. The normalized spacial score (nSPS) is 11.4. The summed E-state index contributed by atoms with van der Waals surface area (Å²) in [5, 5.41) is 4.22. The zero-order chi connectivity index (χ0) is 21.6. The molecule has 30 heavy (non-hydrogen) atoms. The molecule has 160 valence electrons. The highest BCUT2D eigenvalue weighted by atomic mass is 32.2. The van der Waals surface area contributed by atoms with Gasteiger partial charge in [0.05, 0.1) is 26.0 Å². The van der Waals surface area contributed by atoms with Crippen LogP contribution in [-0.2, 0) is 16.6 Å². The molecule has 10 heteroatoms. The van der Waals surface area contributed by atoms with Crippen LogP contribution in [0.25, 0.3) is 11.5 Å². The molecule has 0 aliphatic heterocycles. The molecule has 2 heterocycles. The van der Waals surface area contributed by atoms with E-state index in [4.69, 9.17) is 13.9 Å². The maximum absolute atomic E-state index is 12.8. The lowest BCUT2D eigenvalue weighted by Crippen LogP contribution is -2.32. The summed E-state index contributed by atoms with van der Waals surface area (Å²) >= 11 is 0. The van der Waals surface area contributed by atoms with Crippen molar-refractivity contribution in [2.24, 2.45) is 0 Å². The fraction of sp³-hybridized carbons (Fsp3) is 0.300. The van der Waals surface area contributed by atoms with Crippen LogP contribution in [0.5, 0.6) is 11.5 Å². The molecule has 3 aromatic rings. The summed E-state index contributed by atoms with van der Waals surface area (Å²) in [5.41, 5.74) is 0.133. The number of nitrogens with zero attached hydrogens (tertiary/aromatic N) is 2. The van der Waals surface area contributed by atoms with E-state index in [1.165, 1.54) is 23.1 Å². The van der Waals surface area contributed by atoms with Crippen molar-refractivity contribution in [3.63, 3.8) is 0 Å². The minimum absolute atomic E-state index is 0.00237. The summed E-state index contributed by atoms with van der Waals surface area (Å²) in [6.07, 6.45) is 1.51. The predicted molar refractivity (Wildman–Crippen MR) is 110 cm³/mol. The lowest BCUT2D eigenvalue weighted by molar-refractivity contribution is 0.317. The molecule has 1 N–H and O–H groups in total. The molecule has 0 fully saturated rings. The van der Waals surface area contributed by atoms with E-state index in [0.29, 0.717) is 30.4 Å². The number of aromatic nitrogens is 2. The Hall–Kier alpha value is -3.11. The number of benzene rings is 1. The maximum atomic E-state index is 12.8. The molecular weight excluding hydrogens is 410 g/mol. The third kappa shape index (κ3) is 5.08.